The Morgan fingerprint density at radius 1 is 0.917 bits per heavy atom. The quantitative estimate of drug-likeness (QED) is 0.853. The summed E-state index contributed by atoms with van der Waals surface area (Å²) in [6, 6.07) is 10.4. The van der Waals surface area contributed by atoms with E-state index in [4.69, 9.17) is 0 Å². The Labute approximate surface area is 140 Å². The minimum Gasteiger partial charge on any atom is -0.364 e. The smallest absolute Gasteiger partial charge is 0.243 e. The molecule has 0 saturated carbocycles. The zero-order valence-corrected chi connectivity index (χ0v) is 14.1. The first-order valence-corrected chi connectivity index (χ1v) is 9.09. The highest BCUT2D eigenvalue weighted by atomic mass is 32.2. The van der Waals surface area contributed by atoms with E-state index in [0.717, 1.165) is 5.56 Å². The Kier molecular flexibility index (Phi) is 4.56. The maximum atomic E-state index is 13.9. The van der Waals surface area contributed by atoms with E-state index in [1.54, 1.807) is 23.1 Å². The van der Waals surface area contributed by atoms with Gasteiger partial charge in [-0.3, -0.25) is 0 Å². The first-order chi connectivity index (χ1) is 11.4. The summed E-state index contributed by atoms with van der Waals surface area (Å²) in [5.74, 6) is -1.27. The highest BCUT2D eigenvalue weighted by molar-refractivity contribution is 7.89. The van der Waals surface area contributed by atoms with Crippen molar-refractivity contribution in [1.82, 2.24) is 4.31 Å². The summed E-state index contributed by atoms with van der Waals surface area (Å²) >= 11 is 0. The van der Waals surface area contributed by atoms with Crippen LogP contribution in [-0.4, -0.2) is 38.9 Å². The molecule has 0 amide bonds. The van der Waals surface area contributed by atoms with Gasteiger partial charge in [0.15, 0.2) is 0 Å². The lowest BCUT2D eigenvalue weighted by molar-refractivity contribution is 0.381. The summed E-state index contributed by atoms with van der Waals surface area (Å²) in [5, 5.41) is 0. The molecule has 1 aliphatic rings. The molecule has 0 bridgehead atoms. The molecule has 1 heterocycles. The van der Waals surface area contributed by atoms with Gasteiger partial charge in [-0.2, -0.15) is 4.31 Å². The van der Waals surface area contributed by atoms with Gasteiger partial charge in [-0.05, 0) is 36.8 Å². The number of para-hydroxylation sites is 1. The Morgan fingerprint density at radius 2 is 1.50 bits per heavy atom. The molecule has 0 aromatic heterocycles. The monoisotopic (exact) mass is 352 g/mol. The van der Waals surface area contributed by atoms with Gasteiger partial charge >= 0.3 is 0 Å². The molecule has 0 atom stereocenters. The number of rotatable bonds is 3. The number of halogens is 2. The molecular formula is C17H18F2N2O2S. The van der Waals surface area contributed by atoms with Gasteiger partial charge in [0.2, 0.25) is 10.0 Å². The number of sulfonamides is 1. The van der Waals surface area contributed by atoms with E-state index in [2.05, 4.69) is 0 Å². The summed E-state index contributed by atoms with van der Waals surface area (Å²) in [5.41, 5.74) is 0.772. The van der Waals surface area contributed by atoms with Crippen molar-refractivity contribution in [3.8, 4) is 0 Å². The fourth-order valence-corrected chi connectivity index (χ4v) is 4.40. The van der Waals surface area contributed by atoms with Crippen molar-refractivity contribution >= 4 is 15.7 Å². The van der Waals surface area contributed by atoms with Crippen molar-refractivity contribution in [2.75, 3.05) is 31.1 Å². The second kappa shape index (κ2) is 6.49. The predicted molar refractivity (Wildman–Crippen MR) is 88.5 cm³/mol. The second-order valence-corrected chi connectivity index (χ2v) is 7.72. The predicted octanol–water partition coefficient (Wildman–Crippen LogP) is 2.78. The molecule has 0 spiro atoms. The molecule has 0 aliphatic carbocycles. The van der Waals surface area contributed by atoms with Crippen LogP contribution in [0.2, 0.25) is 0 Å². The lowest BCUT2D eigenvalue weighted by Gasteiger charge is -2.35. The molecule has 0 radical (unpaired) electrons. The van der Waals surface area contributed by atoms with Gasteiger partial charge in [0.25, 0.3) is 0 Å². The molecular weight excluding hydrogens is 334 g/mol. The SMILES string of the molecule is Cc1cccc(S(=O)(=O)N2CCN(c3c(F)cccc3F)CC2)c1. The highest BCUT2D eigenvalue weighted by Gasteiger charge is 2.30. The van der Waals surface area contributed by atoms with Gasteiger partial charge in [0.1, 0.15) is 17.3 Å². The summed E-state index contributed by atoms with van der Waals surface area (Å²) in [7, 11) is -3.59. The third-order valence-corrected chi connectivity index (χ3v) is 6.01. The second-order valence-electron chi connectivity index (χ2n) is 5.78. The number of benzene rings is 2. The average Bonchev–Trinajstić information content (AvgIpc) is 2.55. The van der Waals surface area contributed by atoms with Crippen molar-refractivity contribution < 1.29 is 17.2 Å². The fraction of sp³-hybridized carbons (Fsp3) is 0.294. The lowest BCUT2D eigenvalue weighted by Crippen LogP contribution is -2.49. The van der Waals surface area contributed by atoms with Crippen molar-refractivity contribution in [2.24, 2.45) is 0 Å². The van der Waals surface area contributed by atoms with Crippen LogP contribution in [0.5, 0.6) is 0 Å². The van der Waals surface area contributed by atoms with Crippen LogP contribution < -0.4 is 4.90 Å². The van der Waals surface area contributed by atoms with Crippen molar-refractivity contribution in [3.63, 3.8) is 0 Å². The molecule has 128 valence electrons. The molecule has 2 aromatic carbocycles. The van der Waals surface area contributed by atoms with E-state index in [0.29, 0.717) is 0 Å². The number of nitrogens with zero attached hydrogens (tertiary/aromatic N) is 2. The summed E-state index contributed by atoms with van der Waals surface area (Å²) in [4.78, 5) is 1.79. The average molecular weight is 352 g/mol. The molecule has 4 nitrogen and oxygen atoms in total. The largest absolute Gasteiger partial charge is 0.364 e. The van der Waals surface area contributed by atoms with Gasteiger partial charge in [-0.25, -0.2) is 17.2 Å². The molecule has 0 N–H and O–H groups in total. The molecule has 3 rings (SSSR count). The maximum absolute atomic E-state index is 13.9. The first-order valence-electron chi connectivity index (χ1n) is 7.65. The molecule has 0 unspecified atom stereocenters. The zero-order chi connectivity index (χ0) is 17.3. The number of aryl methyl sites for hydroxylation is 1. The summed E-state index contributed by atoms with van der Waals surface area (Å²) in [6.07, 6.45) is 0. The number of hydrogen-bond donors (Lipinski definition) is 0. The lowest BCUT2D eigenvalue weighted by atomic mass is 10.2. The van der Waals surface area contributed by atoms with E-state index in [1.165, 1.54) is 22.5 Å². The summed E-state index contributed by atoms with van der Waals surface area (Å²) < 4.78 is 54.4. The highest BCUT2D eigenvalue weighted by Crippen LogP contribution is 2.26. The van der Waals surface area contributed by atoms with Crippen LogP contribution in [0.3, 0.4) is 0 Å². The van der Waals surface area contributed by atoms with Crippen molar-refractivity contribution in [3.05, 3.63) is 59.7 Å². The number of piperazine rings is 1. The molecule has 2 aromatic rings. The van der Waals surface area contributed by atoms with Crippen LogP contribution in [0, 0.1) is 18.6 Å². The third-order valence-electron chi connectivity index (χ3n) is 4.12. The van der Waals surface area contributed by atoms with Crippen molar-refractivity contribution in [2.45, 2.75) is 11.8 Å². The summed E-state index contributed by atoms with van der Waals surface area (Å²) in [6.45, 7) is 2.68. The van der Waals surface area contributed by atoms with E-state index >= 15 is 0 Å². The third kappa shape index (κ3) is 3.14. The molecule has 1 saturated heterocycles. The van der Waals surface area contributed by atoms with E-state index in [-0.39, 0.29) is 36.8 Å². The first kappa shape index (κ1) is 16.9. The van der Waals surface area contributed by atoms with Crippen LogP contribution in [0.15, 0.2) is 47.4 Å². The minimum absolute atomic E-state index is 0.0925. The van der Waals surface area contributed by atoms with E-state index in [1.807, 2.05) is 13.0 Å². The minimum atomic E-state index is -3.59. The Morgan fingerprint density at radius 3 is 2.08 bits per heavy atom. The Balaban J connectivity index is 1.78. The number of anilines is 1. The standard InChI is InChI=1S/C17H18F2N2O2S/c1-13-4-2-5-14(12-13)24(22,23)21-10-8-20(9-11-21)17-15(18)6-3-7-16(17)19/h2-7,12H,8-11H2,1H3. The van der Waals surface area contributed by atoms with Crippen molar-refractivity contribution in [1.29, 1.82) is 0 Å². The Bertz CT molecular complexity index is 827. The topological polar surface area (TPSA) is 40.6 Å². The van der Waals surface area contributed by atoms with Gasteiger partial charge in [0, 0.05) is 26.2 Å². The van der Waals surface area contributed by atoms with E-state index < -0.39 is 21.7 Å². The fourth-order valence-electron chi connectivity index (χ4n) is 2.87. The zero-order valence-electron chi connectivity index (χ0n) is 13.2. The van der Waals surface area contributed by atoms with Gasteiger partial charge in [-0.1, -0.05) is 18.2 Å². The van der Waals surface area contributed by atoms with Crippen LogP contribution in [0.25, 0.3) is 0 Å². The van der Waals surface area contributed by atoms with Gasteiger partial charge < -0.3 is 4.90 Å². The molecule has 7 heteroatoms. The van der Waals surface area contributed by atoms with Crippen LogP contribution in [0.4, 0.5) is 14.5 Å². The van der Waals surface area contributed by atoms with Crippen LogP contribution in [-0.2, 0) is 10.0 Å². The number of hydrogen-bond acceptors (Lipinski definition) is 3. The van der Waals surface area contributed by atoms with Gasteiger partial charge in [0.05, 0.1) is 4.90 Å². The normalized spacial score (nSPS) is 16.4. The molecule has 24 heavy (non-hydrogen) atoms. The van der Waals surface area contributed by atoms with E-state index in [9.17, 15) is 17.2 Å². The van der Waals surface area contributed by atoms with Gasteiger partial charge in [-0.15, -0.1) is 0 Å². The molecule has 1 aliphatic heterocycles. The Hall–Kier alpha value is -1.99. The van der Waals surface area contributed by atoms with Crippen LogP contribution >= 0.6 is 0 Å². The maximum Gasteiger partial charge on any atom is 0.243 e. The van der Waals surface area contributed by atoms with Crippen LogP contribution in [0.1, 0.15) is 5.56 Å². The molecule has 1 fully saturated rings.